The Morgan fingerprint density at radius 3 is 2.66 bits per heavy atom. The molecule has 0 aromatic carbocycles. The molecule has 0 aliphatic carbocycles. The number of alkyl halides is 5. The molecule has 2 aromatic heterocycles. The van der Waals surface area contributed by atoms with Crippen LogP contribution in [0.5, 0.6) is 0 Å². The van der Waals surface area contributed by atoms with Crippen LogP contribution >= 0.6 is 0 Å². The molecule has 4 rings (SSSR count). The van der Waals surface area contributed by atoms with Crippen LogP contribution in [0.4, 0.5) is 39.5 Å². The van der Waals surface area contributed by atoms with E-state index in [1.54, 1.807) is 19.2 Å². The van der Waals surface area contributed by atoms with Crippen molar-refractivity contribution in [3.05, 3.63) is 47.4 Å². The van der Waals surface area contributed by atoms with Crippen LogP contribution in [0.15, 0.2) is 36.2 Å². The van der Waals surface area contributed by atoms with Gasteiger partial charge in [-0.25, -0.2) is 18.7 Å². The summed E-state index contributed by atoms with van der Waals surface area (Å²) in [5.74, 6) is -2.63. The van der Waals surface area contributed by atoms with Crippen LogP contribution in [-0.4, -0.2) is 71.8 Å². The van der Waals surface area contributed by atoms with Crippen molar-refractivity contribution in [1.29, 1.82) is 5.41 Å². The van der Waals surface area contributed by atoms with Crippen molar-refractivity contribution in [3.63, 3.8) is 0 Å². The van der Waals surface area contributed by atoms with E-state index in [1.807, 2.05) is 0 Å². The van der Waals surface area contributed by atoms with E-state index < -0.39 is 30.8 Å². The van der Waals surface area contributed by atoms with Crippen molar-refractivity contribution in [3.8, 4) is 0 Å². The maximum atomic E-state index is 13.5. The highest BCUT2D eigenvalue weighted by Crippen LogP contribution is 2.34. The van der Waals surface area contributed by atoms with Crippen molar-refractivity contribution in [2.24, 2.45) is 0 Å². The summed E-state index contributed by atoms with van der Waals surface area (Å²) in [7, 11) is 1.78. The van der Waals surface area contributed by atoms with Crippen LogP contribution in [0, 0.1) is 5.41 Å². The van der Waals surface area contributed by atoms with Crippen molar-refractivity contribution in [2.75, 3.05) is 50.0 Å². The van der Waals surface area contributed by atoms with Gasteiger partial charge in [0.15, 0.2) is 0 Å². The Balaban J connectivity index is 1.58. The molecule has 35 heavy (non-hydrogen) atoms. The number of hydrogen-bond acceptors (Lipinski definition) is 8. The number of allylic oxidation sites excluding steroid dienone is 1. The number of nitrogens with zero attached hydrogens (tertiary/aromatic N) is 5. The highest BCUT2D eigenvalue weighted by Gasteiger charge is 2.45. The molecule has 1 unspecified atom stereocenters. The first-order valence-electron chi connectivity index (χ1n) is 11.0. The van der Waals surface area contributed by atoms with Crippen molar-refractivity contribution in [1.82, 2.24) is 25.2 Å². The lowest BCUT2D eigenvalue weighted by molar-refractivity contribution is -0.137. The summed E-state index contributed by atoms with van der Waals surface area (Å²) in [4.78, 5) is 16.2. The second-order valence-corrected chi connectivity index (χ2v) is 8.57. The monoisotopic (exact) mass is 496 g/mol. The number of likely N-dealkylation sites (N-methyl/N-ethyl adjacent to an activating group) is 1. The average Bonchev–Trinajstić information content (AvgIpc) is 3.25. The summed E-state index contributed by atoms with van der Waals surface area (Å²) in [6, 6.07) is 3.36. The fraction of sp³-hybridized carbons (Fsp3) is 0.455. The van der Waals surface area contributed by atoms with Gasteiger partial charge in [0.05, 0.1) is 24.3 Å². The third-order valence-electron chi connectivity index (χ3n) is 5.90. The Morgan fingerprint density at radius 2 is 2.00 bits per heavy atom. The molecular weight excluding hydrogens is 471 g/mol. The minimum absolute atomic E-state index is 0.0216. The Labute approximate surface area is 198 Å². The van der Waals surface area contributed by atoms with Gasteiger partial charge in [-0.15, -0.1) is 0 Å². The lowest BCUT2D eigenvalue weighted by Crippen LogP contribution is -2.57. The summed E-state index contributed by atoms with van der Waals surface area (Å²) in [5, 5.41) is 13.1. The Morgan fingerprint density at radius 1 is 1.23 bits per heavy atom. The van der Waals surface area contributed by atoms with Gasteiger partial charge in [0.1, 0.15) is 11.6 Å². The second kappa shape index (κ2) is 9.72. The first-order chi connectivity index (χ1) is 16.6. The number of hydrogen-bond donors (Lipinski definition) is 3. The van der Waals surface area contributed by atoms with Crippen LogP contribution < -0.4 is 15.5 Å². The predicted octanol–water partition coefficient (Wildman–Crippen LogP) is 3.63. The lowest BCUT2D eigenvalue weighted by Gasteiger charge is -2.38. The van der Waals surface area contributed by atoms with Gasteiger partial charge in [0.2, 0.25) is 5.95 Å². The highest BCUT2D eigenvalue weighted by atomic mass is 19.4. The zero-order valence-corrected chi connectivity index (χ0v) is 18.9. The molecule has 0 bridgehead atoms. The molecule has 4 heterocycles. The summed E-state index contributed by atoms with van der Waals surface area (Å²) < 4.78 is 66.2. The van der Waals surface area contributed by atoms with Gasteiger partial charge in [-0.3, -0.25) is 4.90 Å². The molecule has 8 nitrogen and oxygen atoms in total. The SMILES string of the molecule is CN/C(=C\C=N)CN1CCC(c2cc(Nc3cc(C(F)(F)F)ccn3)nc(N3CC(F)(F)C3)n2)C1. The van der Waals surface area contributed by atoms with E-state index in [1.165, 1.54) is 11.1 Å². The average molecular weight is 496 g/mol. The van der Waals surface area contributed by atoms with Gasteiger partial charge in [-0.1, -0.05) is 0 Å². The lowest BCUT2D eigenvalue weighted by atomic mass is 10.0. The van der Waals surface area contributed by atoms with Crippen molar-refractivity contribution < 1.29 is 22.0 Å². The molecule has 2 fully saturated rings. The molecule has 2 saturated heterocycles. The molecule has 0 spiro atoms. The number of aromatic nitrogens is 3. The van der Waals surface area contributed by atoms with Crippen LogP contribution in [0.25, 0.3) is 0 Å². The maximum absolute atomic E-state index is 13.5. The fourth-order valence-corrected chi connectivity index (χ4v) is 4.10. The molecule has 1 atom stereocenters. The minimum atomic E-state index is -4.53. The zero-order valence-electron chi connectivity index (χ0n) is 18.9. The first kappa shape index (κ1) is 24.8. The van der Waals surface area contributed by atoms with E-state index in [2.05, 4.69) is 30.5 Å². The minimum Gasteiger partial charge on any atom is -0.390 e. The number of rotatable bonds is 8. The van der Waals surface area contributed by atoms with Gasteiger partial charge in [0.25, 0.3) is 5.92 Å². The fourth-order valence-electron chi connectivity index (χ4n) is 4.10. The number of likely N-dealkylation sites (tertiary alicyclic amines) is 1. The van der Waals surface area contributed by atoms with Gasteiger partial charge in [0, 0.05) is 50.2 Å². The van der Waals surface area contributed by atoms with E-state index in [9.17, 15) is 22.0 Å². The van der Waals surface area contributed by atoms with E-state index in [-0.39, 0.29) is 23.5 Å². The summed E-state index contributed by atoms with van der Waals surface area (Å²) in [5.41, 5.74) is 0.630. The van der Waals surface area contributed by atoms with Gasteiger partial charge >= 0.3 is 6.18 Å². The number of halogens is 5. The zero-order chi connectivity index (χ0) is 25.2. The Kier molecular flexibility index (Phi) is 6.88. The normalized spacial score (nSPS) is 20.5. The third kappa shape index (κ3) is 6.02. The Bertz CT molecular complexity index is 1100. The molecular formula is C22H25F5N8. The topological polar surface area (TPSA) is 93.1 Å². The van der Waals surface area contributed by atoms with Crippen LogP contribution in [0.1, 0.15) is 23.6 Å². The first-order valence-corrected chi connectivity index (χ1v) is 11.0. The molecule has 13 heteroatoms. The van der Waals surface area contributed by atoms with E-state index in [0.29, 0.717) is 18.8 Å². The van der Waals surface area contributed by atoms with Gasteiger partial charge in [-0.2, -0.15) is 18.2 Å². The molecule has 0 radical (unpaired) electrons. The molecule has 2 aliphatic rings. The van der Waals surface area contributed by atoms with Crippen molar-refractivity contribution >= 4 is 23.8 Å². The van der Waals surface area contributed by atoms with Crippen LogP contribution in [0.3, 0.4) is 0 Å². The molecule has 3 N–H and O–H groups in total. The van der Waals surface area contributed by atoms with E-state index >= 15 is 0 Å². The largest absolute Gasteiger partial charge is 0.416 e. The smallest absolute Gasteiger partial charge is 0.390 e. The van der Waals surface area contributed by atoms with E-state index in [4.69, 9.17) is 5.41 Å². The quantitative estimate of drug-likeness (QED) is 0.380. The second-order valence-electron chi connectivity index (χ2n) is 8.57. The molecule has 0 saturated carbocycles. The van der Waals surface area contributed by atoms with Gasteiger partial charge in [-0.05, 0) is 31.2 Å². The summed E-state index contributed by atoms with van der Waals surface area (Å²) in [6.07, 6.45) is 0.148. The molecule has 2 aromatic rings. The number of pyridine rings is 1. The van der Waals surface area contributed by atoms with Crippen LogP contribution in [-0.2, 0) is 6.18 Å². The van der Waals surface area contributed by atoms with E-state index in [0.717, 1.165) is 37.0 Å². The molecule has 0 amide bonds. The highest BCUT2D eigenvalue weighted by molar-refractivity contribution is 5.68. The maximum Gasteiger partial charge on any atom is 0.416 e. The van der Waals surface area contributed by atoms with Crippen LogP contribution in [0.2, 0.25) is 0 Å². The summed E-state index contributed by atoms with van der Waals surface area (Å²) >= 11 is 0. The standard InChI is InChI=1S/C22H25F5N8/c1-29-16(2-5-28)11-34-7-4-14(10-34)17-9-19(33-20(31-17)35-12-21(23,24)13-35)32-18-8-15(3-6-30-18)22(25,26)27/h2-3,5-6,8-9,14,28-29H,4,7,10-13H2,1H3,(H,30,31,32,33)/b16-2-,28-5?. The predicted molar refractivity (Wildman–Crippen MR) is 121 cm³/mol. The Hall–Kier alpha value is -3.35. The van der Waals surface area contributed by atoms with Gasteiger partial charge < -0.3 is 20.9 Å². The molecule has 188 valence electrons. The summed E-state index contributed by atoms with van der Waals surface area (Å²) in [6.45, 7) is 0.979. The molecule has 2 aliphatic heterocycles. The number of anilines is 3. The number of nitrogens with one attached hydrogen (secondary N) is 3. The third-order valence-corrected chi connectivity index (χ3v) is 5.90. The van der Waals surface area contributed by atoms with Crippen molar-refractivity contribution in [2.45, 2.75) is 24.4 Å².